The molecule has 0 aromatic rings. The van der Waals surface area contributed by atoms with Gasteiger partial charge >= 0.3 is 5.97 Å². The van der Waals surface area contributed by atoms with Crippen LogP contribution in [0.4, 0.5) is 0 Å². The smallest absolute Gasteiger partial charge is 0.328 e. The van der Waals surface area contributed by atoms with Crippen LogP contribution in [-0.2, 0) is 33.9 Å². The van der Waals surface area contributed by atoms with Crippen molar-refractivity contribution < 1.29 is 33.9 Å². The number of hydrogen-bond donors (Lipinski definition) is 1. The minimum atomic E-state index is -0.876. The molecule has 0 aromatic heterocycles. The molecule has 1 atom stereocenters. The number of nitrogens with one attached hydrogen (secondary N) is 1. The molecule has 2 spiro atoms. The summed E-state index contributed by atoms with van der Waals surface area (Å²) in [5.41, 5.74) is 0. The van der Waals surface area contributed by atoms with Crippen molar-refractivity contribution in [2.24, 2.45) is 35.5 Å². The highest BCUT2D eigenvalue weighted by atomic mass is 17.4. The van der Waals surface area contributed by atoms with E-state index in [2.05, 4.69) is 5.32 Å². The Labute approximate surface area is 189 Å². The van der Waals surface area contributed by atoms with Gasteiger partial charge in [-0.15, -0.1) is 0 Å². The molecular weight excluding hydrogens is 414 g/mol. The van der Waals surface area contributed by atoms with E-state index in [0.717, 1.165) is 50.4 Å². The van der Waals surface area contributed by atoms with Gasteiger partial charge in [-0.1, -0.05) is 13.8 Å². The van der Waals surface area contributed by atoms with Crippen LogP contribution in [0.3, 0.4) is 0 Å². The lowest BCUT2D eigenvalue weighted by atomic mass is 9.53. The Bertz CT molecular complexity index is 690. The predicted molar refractivity (Wildman–Crippen MR) is 112 cm³/mol. The Morgan fingerprint density at radius 3 is 2.00 bits per heavy atom. The van der Waals surface area contributed by atoms with Gasteiger partial charge in [-0.2, -0.15) is 19.6 Å². The van der Waals surface area contributed by atoms with Gasteiger partial charge in [0.05, 0.1) is 7.11 Å². The van der Waals surface area contributed by atoms with E-state index in [9.17, 15) is 9.59 Å². The molecule has 1 unspecified atom stereocenters. The van der Waals surface area contributed by atoms with Crippen LogP contribution >= 0.6 is 0 Å². The topological polar surface area (TPSA) is 92.3 Å². The average Bonchev–Trinajstić information content (AvgIpc) is 2.78. The number of carbonyl (C=O) groups excluding carboxylic acids is 2. The molecule has 180 valence electrons. The van der Waals surface area contributed by atoms with Crippen molar-refractivity contribution in [2.75, 3.05) is 7.11 Å². The summed E-state index contributed by atoms with van der Waals surface area (Å²) in [4.78, 5) is 48.6. The summed E-state index contributed by atoms with van der Waals surface area (Å²) in [6.45, 7) is 3.78. The van der Waals surface area contributed by atoms with Gasteiger partial charge in [-0.05, 0) is 68.6 Å². The van der Waals surface area contributed by atoms with E-state index >= 15 is 0 Å². The maximum atomic E-state index is 12.5. The maximum Gasteiger partial charge on any atom is 0.328 e. The number of esters is 1. The van der Waals surface area contributed by atoms with Crippen molar-refractivity contribution >= 4 is 11.9 Å². The first-order valence-electron chi connectivity index (χ1n) is 12.4. The number of rotatable bonds is 5. The summed E-state index contributed by atoms with van der Waals surface area (Å²) in [5, 5.41) is 2.83. The zero-order valence-electron chi connectivity index (χ0n) is 19.5. The highest BCUT2D eigenvalue weighted by Crippen LogP contribution is 2.61. The van der Waals surface area contributed by atoms with Crippen LogP contribution in [0, 0.1) is 35.5 Å². The lowest BCUT2D eigenvalue weighted by Crippen LogP contribution is -2.64. The van der Waals surface area contributed by atoms with E-state index in [4.69, 9.17) is 24.3 Å². The molecule has 6 aliphatic rings. The molecule has 1 saturated heterocycles. The molecule has 0 aromatic carbocycles. The minimum Gasteiger partial charge on any atom is -0.467 e. The molecule has 5 aliphatic carbocycles. The van der Waals surface area contributed by atoms with Crippen LogP contribution in [-0.4, -0.2) is 36.6 Å². The number of carbonyl (C=O) groups is 2. The standard InChI is InChI=1S/C24H37NO7/c1-14(2)21(22(27)28-3)25-20(26)13-15-4-6-23(7-5-15)29-31-24(32-30-23)18-9-16-8-17(11-18)12-19(24)10-16/h14-19,21H,4-13H2,1-3H3,(H,25,26). The van der Waals surface area contributed by atoms with Crippen LogP contribution in [0.15, 0.2) is 0 Å². The van der Waals surface area contributed by atoms with Crippen molar-refractivity contribution in [1.29, 1.82) is 0 Å². The molecule has 6 fully saturated rings. The lowest BCUT2D eigenvalue weighted by Gasteiger charge is -2.60. The van der Waals surface area contributed by atoms with Crippen molar-refractivity contribution in [3.05, 3.63) is 0 Å². The van der Waals surface area contributed by atoms with Gasteiger partial charge in [0.2, 0.25) is 17.5 Å². The van der Waals surface area contributed by atoms with Crippen LogP contribution in [0.1, 0.15) is 78.1 Å². The Hall–Kier alpha value is -1.22. The van der Waals surface area contributed by atoms with Gasteiger partial charge < -0.3 is 10.1 Å². The second kappa shape index (κ2) is 8.53. The highest BCUT2D eigenvalue weighted by Gasteiger charge is 2.64. The first kappa shape index (κ1) is 22.6. The highest BCUT2D eigenvalue weighted by molar-refractivity contribution is 5.84. The summed E-state index contributed by atoms with van der Waals surface area (Å²) in [5.74, 6) is 0.374. The second-order valence-electron chi connectivity index (χ2n) is 11.2. The molecule has 4 bridgehead atoms. The van der Waals surface area contributed by atoms with Gasteiger partial charge in [0, 0.05) is 31.1 Å². The third-order valence-corrected chi connectivity index (χ3v) is 8.70. The van der Waals surface area contributed by atoms with Crippen molar-refractivity contribution in [1.82, 2.24) is 5.32 Å². The fourth-order valence-corrected chi connectivity index (χ4v) is 7.03. The van der Waals surface area contributed by atoms with E-state index < -0.39 is 23.6 Å². The summed E-state index contributed by atoms with van der Waals surface area (Å²) in [6, 6.07) is -0.619. The van der Waals surface area contributed by atoms with E-state index in [-0.39, 0.29) is 17.7 Å². The van der Waals surface area contributed by atoms with Crippen LogP contribution in [0.5, 0.6) is 0 Å². The Morgan fingerprint density at radius 1 is 0.938 bits per heavy atom. The van der Waals surface area contributed by atoms with Gasteiger partial charge in [-0.3, -0.25) is 4.79 Å². The third kappa shape index (κ3) is 3.97. The fourth-order valence-electron chi connectivity index (χ4n) is 7.03. The SMILES string of the molecule is COC(=O)C(NC(=O)CC1CCC2(CC1)OOC1(OO2)C2CC3CC(C2)CC1C3)C(C)C. The molecule has 0 radical (unpaired) electrons. The Balaban J connectivity index is 1.12. The number of hydrogen-bond acceptors (Lipinski definition) is 7. The summed E-state index contributed by atoms with van der Waals surface area (Å²) in [6.07, 6.45) is 9.09. The summed E-state index contributed by atoms with van der Waals surface area (Å²) in [7, 11) is 1.34. The molecule has 8 nitrogen and oxygen atoms in total. The molecular formula is C24H37NO7. The molecule has 1 N–H and O–H groups in total. The molecule has 32 heavy (non-hydrogen) atoms. The largest absolute Gasteiger partial charge is 0.467 e. The Kier molecular flexibility index (Phi) is 6.01. The van der Waals surface area contributed by atoms with Crippen molar-refractivity contribution in [2.45, 2.75) is 95.7 Å². The van der Waals surface area contributed by atoms with Crippen LogP contribution < -0.4 is 5.32 Å². The molecule has 1 amide bonds. The monoisotopic (exact) mass is 451 g/mol. The van der Waals surface area contributed by atoms with E-state index in [1.54, 1.807) is 0 Å². The van der Waals surface area contributed by atoms with Gasteiger partial charge in [-0.25, -0.2) is 4.79 Å². The lowest BCUT2D eigenvalue weighted by molar-refractivity contribution is -0.680. The zero-order chi connectivity index (χ0) is 22.5. The maximum absolute atomic E-state index is 12.5. The number of methoxy groups -OCH3 is 1. The molecule has 5 saturated carbocycles. The Morgan fingerprint density at radius 2 is 1.50 bits per heavy atom. The van der Waals surface area contributed by atoms with E-state index in [0.29, 0.717) is 31.1 Å². The van der Waals surface area contributed by atoms with Crippen LogP contribution in [0.2, 0.25) is 0 Å². The predicted octanol–water partition coefficient (Wildman–Crippen LogP) is 3.64. The average molecular weight is 452 g/mol. The fraction of sp³-hybridized carbons (Fsp3) is 0.917. The molecule has 1 aliphatic heterocycles. The normalized spacial score (nSPS) is 43.6. The van der Waals surface area contributed by atoms with E-state index in [1.807, 2.05) is 13.8 Å². The van der Waals surface area contributed by atoms with Crippen LogP contribution in [0.25, 0.3) is 0 Å². The third-order valence-electron chi connectivity index (χ3n) is 8.70. The number of ether oxygens (including phenoxy) is 1. The van der Waals surface area contributed by atoms with Crippen molar-refractivity contribution in [3.63, 3.8) is 0 Å². The first-order chi connectivity index (χ1) is 15.3. The second-order valence-corrected chi connectivity index (χ2v) is 11.2. The number of amides is 1. The minimum absolute atomic E-state index is 0.0307. The first-order valence-corrected chi connectivity index (χ1v) is 12.4. The van der Waals surface area contributed by atoms with Gasteiger partial charge in [0.25, 0.3) is 0 Å². The molecule has 1 heterocycles. The quantitative estimate of drug-likeness (QED) is 0.504. The van der Waals surface area contributed by atoms with Gasteiger partial charge in [0.1, 0.15) is 6.04 Å². The van der Waals surface area contributed by atoms with E-state index in [1.165, 1.54) is 13.5 Å². The summed E-state index contributed by atoms with van der Waals surface area (Å²) >= 11 is 0. The zero-order valence-corrected chi connectivity index (χ0v) is 19.5. The summed E-state index contributed by atoms with van der Waals surface area (Å²) < 4.78 is 4.81. The molecule has 6 rings (SSSR count). The van der Waals surface area contributed by atoms with Gasteiger partial charge in [0.15, 0.2) is 0 Å². The molecule has 8 heteroatoms. The van der Waals surface area contributed by atoms with Crippen molar-refractivity contribution in [3.8, 4) is 0 Å².